The zero-order chi connectivity index (χ0) is 17.6. The van der Waals surface area contributed by atoms with E-state index in [9.17, 15) is 13.2 Å². The molecular weight excluding hydrogens is 340 g/mol. The van der Waals surface area contributed by atoms with Gasteiger partial charge in [0, 0.05) is 20.1 Å². The summed E-state index contributed by atoms with van der Waals surface area (Å²) < 4.78 is 33.9. The molecule has 0 bridgehead atoms. The van der Waals surface area contributed by atoms with Gasteiger partial charge in [-0.05, 0) is 36.1 Å². The van der Waals surface area contributed by atoms with Crippen LogP contribution in [0, 0.1) is 0 Å². The molecule has 0 saturated carbocycles. The Kier molecular flexibility index (Phi) is 3.77. The molecule has 0 N–H and O–H groups in total. The number of benzene rings is 2. The lowest BCUT2D eigenvalue weighted by atomic mass is 9.99. The highest BCUT2D eigenvalue weighted by atomic mass is 32.2. The molecule has 1 saturated heterocycles. The van der Waals surface area contributed by atoms with Gasteiger partial charge in [-0.15, -0.1) is 0 Å². The second kappa shape index (κ2) is 5.86. The fourth-order valence-electron chi connectivity index (χ4n) is 3.36. The van der Waals surface area contributed by atoms with Crippen LogP contribution < -0.4 is 5.76 Å². The number of nitrogens with zero attached hydrogens (tertiary/aromatic N) is 2. The van der Waals surface area contributed by atoms with Crippen molar-refractivity contribution in [2.24, 2.45) is 7.05 Å². The Morgan fingerprint density at radius 1 is 1.12 bits per heavy atom. The number of hydrogen-bond acceptors (Lipinski definition) is 4. The quantitative estimate of drug-likeness (QED) is 0.720. The first-order valence-electron chi connectivity index (χ1n) is 8.11. The van der Waals surface area contributed by atoms with Crippen molar-refractivity contribution in [1.29, 1.82) is 0 Å². The van der Waals surface area contributed by atoms with E-state index in [1.54, 1.807) is 7.05 Å². The molecule has 1 aromatic heterocycles. The van der Waals surface area contributed by atoms with Crippen molar-refractivity contribution in [3.63, 3.8) is 0 Å². The standard InChI is InChI=1S/C18H18N2O4S/c1-19-16-11-15(7-8-17(16)24-18(19)21)25(22,23)20-10-9-14(12-20)13-5-3-2-4-6-13/h2-8,11,14H,9-10,12H2,1H3/t14-/m1/s1. The van der Waals surface area contributed by atoms with E-state index in [4.69, 9.17) is 4.42 Å². The van der Waals surface area contributed by atoms with Crippen molar-refractivity contribution in [1.82, 2.24) is 8.87 Å². The first-order valence-corrected chi connectivity index (χ1v) is 9.55. The summed E-state index contributed by atoms with van der Waals surface area (Å²) in [4.78, 5) is 11.8. The molecule has 4 rings (SSSR count). The largest absolute Gasteiger partial charge is 0.419 e. The number of rotatable bonds is 3. The normalized spacial score (nSPS) is 18.8. The van der Waals surface area contributed by atoms with E-state index in [0.717, 1.165) is 12.0 Å². The molecule has 2 heterocycles. The molecule has 25 heavy (non-hydrogen) atoms. The number of sulfonamides is 1. The zero-order valence-electron chi connectivity index (χ0n) is 13.8. The number of oxazole rings is 1. The molecule has 0 unspecified atom stereocenters. The molecular formula is C18H18N2O4S. The predicted molar refractivity (Wildman–Crippen MR) is 94.0 cm³/mol. The molecule has 1 atom stereocenters. The summed E-state index contributed by atoms with van der Waals surface area (Å²) in [6, 6.07) is 14.5. The topological polar surface area (TPSA) is 72.5 Å². The van der Waals surface area contributed by atoms with Crippen molar-refractivity contribution in [2.45, 2.75) is 17.2 Å². The molecule has 1 aliphatic rings. The molecule has 130 valence electrons. The second-order valence-corrected chi connectivity index (χ2v) is 8.25. The van der Waals surface area contributed by atoms with E-state index in [0.29, 0.717) is 24.2 Å². The van der Waals surface area contributed by atoms with Crippen molar-refractivity contribution in [3.8, 4) is 0 Å². The van der Waals surface area contributed by atoms with Crippen molar-refractivity contribution in [3.05, 3.63) is 64.6 Å². The van der Waals surface area contributed by atoms with Gasteiger partial charge in [0.1, 0.15) is 0 Å². The van der Waals surface area contributed by atoms with Gasteiger partial charge in [0.15, 0.2) is 5.58 Å². The van der Waals surface area contributed by atoms with Gasteiger partial charge < -0.3 is 4.42 Å². The van der Waals surface area contributed by atoms with E-state index < -0.39 is 15.8 Å². The summed E-state index contributed by atoms with van der Waals surface area (Å²) in [6.45, 7) is 0.957. The third kappa shape index (κ3) is 2.69. The Hall–Kier alpha value is -2.38. The van der Waals surface area contributed by atoms with E-state index in [2.05, 4.69) is 0 Å². The van der Waals surface area contributed by atoms with Gasteiger partial charge in [0.25, 0.3) is 0 Å². The monoisotopic (exact) mass is 358 g/mol. The van der Waals surface area contributed by atoms with Crippen LogP contribution >= 0.6 is 0 Å². The summed E-state index contributed by atoms with van der Waals surface area (Å²) in [5.41, 5.74) is 2.02. The second-order valence-electron chi connectivity index (χ2n) is 6.32. The summed E-state index contributed by atoms with van der Waals surface area (Å²) in [7, 11) is -2.04. The maximum Gasteiger partial charge on any atom is 0.419 e. The highest BCUT2D eigenvalue weighted by Gasteiger charge is 2.33. The number of fused-ring (bicyclic) bond motifs is 1. The summed E-state index contributed by atoms with van der Waals surface area (Å²) in [5, 5.41) is 0. The van der Waals surface area contributed by atoms with Crippen molar-refractivity contribution in [2.75, 3.05) is 13.1 Å². The minimum Gasteiger partial charge on any atom is -0.408 e. The fraction of sp³-hybridized carbons (Fsp3) is 0.278. The first-order chi connectivity index (χ1) is 12.0. The van der Waals surface area contributed by atoms with Gasteiger partial charge in [0.2, 0.25) is 10.0 Å². The van der Waals surface area contributed by atoms with Gasteiger partial charge in [-0.25, -0.2) is 13.2 Å². The maximum atomic E-state index is 13.0. The van der Waals surface area contributed by atoms with Crippen molar-refractivity contribution >= 4 is 21.1 Å². The Morgan fingerprint density at radius 2 is 1.88 bits per heavy atom. The van der Waals surface area contributed by atoms with Gasteiger partial charge in [-0.2, -0.15) is 4.31 Å². The minimum absolute atomic E-state index is 0.185. The predicted octanol–water partition coefficient (Wildman–Crippen LogP) is 2.31. The first kappa shape index (κ1) is 16.1. The molecule has 0 aliphatic carbocycles. The smallest absolute Gasteiger partial charge is 0.408 e. The molecule has 0 amide bonds. The van der Waals surface area contributed by atoms with Crippen LogP contribution in [-0.4, -0.2) is 30.4 Å². The molecule has 6 nitrogen and oxygen atoms in total. The average Bonchev–Trinajstić information content (AvgIpc) is 3.22. The number of hydrogen-bond donors (Lipinski definition) is 0. The Labute approximate surface area is 145 Å². The van der Waals surface area contributed by atoms with E-state index in [1.165, 1.54) is 27.1 Å². The van der Waals surface area contributed by atoms with E-state index in [-0.39, 0.29) is 10.8 Å². The lowest BCUT2D eigenvalue weighted by Crippen LogP contribution is -2.28. The molecule has 3 aromatic rings. The maximum absolute atomic E-state index is 13.0. The highest BCUT2D eigenvalue weighted by molar-refractivity contribution is 7.89. The molecule has 0 spiro atoms. The third-order valence-corrected chi connectivity index (χ3v) is 6.68. The van der Waals surface area contributed by atoms with Crippen LogP contribution in [-0.2, 0) is 17.1 Å². The fourth-order valence-corrected chi connectivity index (χ4v) is 4.88. The summed E-state index contributed by atoms with van der Waals surface area (Å²) in [5.74, 6) is -0.298. The van der Waals surface area contributed by atoms with Gasteiger partial charge >= 0.3 is 5.76 Å². The van der Waals surface area contributed by atoms with Crippen LogP contribution in [0.15, 0.2) is 62.6 Å². The van der Waals surface area contributed by atoms with Crippen LogP contribution in [0.1, 0.15) is 17.9 Å². The number of aryl methyl sites for hydroxylation is 1. The SMILES string of the molecule is Cn1c(=O)oc2ccc(S(=O)(=O)N3CC[C@@H](c4ccccc4)C3)cc21. The van der Waals surface area contributed by atoms with Gasteiger partial charge in [-0.1, -0.05) is 30.3 Å². The van der Waals surface area contributed by atoms with E-state index >= 15 is 0 Å². The van der Waals surface area contributed by atoms with Crippen LogP contribution in [0.5, 0.6) is 0 Å². The van der Waals surface area contributed by atoms with Crippen LogP contribution in [0.25, 0.3) is 11.1 Å². The Bertz CT molecular complexity index is 1080. The molecule has 1 aliphatic heterocycles. The Morgan fingerprint density at radius 3 is 2.64 bits per heavy atom. The van der Waals surface area contributed by atoms with Crippen LogP contribution in [0.2, 0.25) is 0 Å². The summed E-state index contributed by atoms with van der Waals surface area (Å²) >= 11 is 0. The molecule has 7 heteroatoms. The van der Waals surface area contributed by atoms with Gasteiger partial charge in [-0.3, -0.25) is 4.57 Å². The summed E-state index contributed by atoms with van der Waals surface area (Å²) in [6.07, 6.45) is 0.801. The van der Waals surface area contributed by atoms with Gasteiger partial charge in [0.05, 0.1) is 10.4 Å². The molecule has 1 fully saturated rings. The van der Waals surface area contributed by atoms with Crippen LogP contribution in [0.3, 0.4) is 0 Å². The Balaban J connectivity index is 1.66. The lowest BCUT2D eigenvalue weighted by Gasteiger charge is -2.17. The lowest BCUT2D eigenvalue weighted by molar-refractivity contribution is 0.473. The van der Waals surface area contributed by atoms with Crippen LogP contribution in [0.4, 0.5) is 0 Å². The number of aromatic nitrogens is 1. The highest BCUT2D eigenvalue weighted by Crippen LogP contribution is 2.31. The van der Waals surface area contributed by atoms with Crippen molar-refractivity contribution < 1.29 is 12.8 Å². The average molecular weight is 358 g/mol. The van der Waals surface area contributed by atoms with E-state index in [1.807, 2.05) is 30.3 Å². The third-order valence-electron chi connectivity index (χ3n) is 4.82. The molecule has 0 radical (unpaired) electrons. The zero-order valence-corrected chi connectivity index (χ0v) is 14.6. The minimum atomic E-state index is -3.60. The molecule has 2 aromatic carbocycles.